The van der Waals surface area contributed by atoms with Gasteiger partial charge in [-0.15, -0.1) is 0 Å². The van der Waals surface area contributed by atoms with Gasteiger partial charge in [0.1, 0.15) is 11.5 Å². The third kappa shape index (κ3) is 3.87. The van der Waals surface area contributed by atoms with Crippen molar-refractivity contribution in [2.75, 3.05) is 21.3 Å². The zero-order chi connectivity index (χ0) is 18.6. The van der Waals surface area contributed by atoms with Gasteiger partial charge in [0.15, 0.2) is 11.5 Å². The minimum absolute atomic E-state index is 0.00577. The van der Waals surface area contributed by atoms with Crippen LogP contribution in [0.15, 0.2) is 24.3 Å². The summed E-state index contributed by atoms with van der Waals surface area (Å²) in [6.07, 6.45) is -0.0693. The zero-order valence-electron chi connectivity index (χ0n) is 15.5. The molecule has 0 radical (unpaired) electrons. The summed E-state index contributed by atoms with van der Waals surface area (Å²) in [5.74, 6) is 1.62. The predicted molar refractivity (Wildman–Crippen MR) is 97.8 cm³/mol. The van der Waals surface area contributed by atoms with E-state index in [1.54, 1.807) is 28.3 Å². The van der Waals surface area contributed by atoms with Gasteiger partial charge in [0.05, 0.1) is 27.4 Å². The van der Waals surface area contributed by atoms with Gasteiger partial charge in [-0.1, -0.05) is 31.2 Å². The molecule has 2 aromatic rings. The zero-order valence-corrected chi connectivity index (χ0v) is 15.5. The highest BCUT2D eigenvalue weighted by Gasteiger charge is 2.25. The smallest absolute Gasteiger partial charge is 0.169 e. The highest BCUT2D eigenvalue weighted by molar-refractivity contribution is 5.97. The van der Waals surface area contributed by atoms with Crippen LogP contribution in [-0.2, 0) is 11.2 Å². The Kier molecular flexibility index (Phi) is 6.26. The van der Waals surface area contributed by atoms with E-state index >= 15 is 0 Å². The number of methoxy groups -OCH3 is 3. The number of ether oxygens (including phenoxy) is 3. The van der Waals surface area contributed by atoms with Crippen LogP contribution in [0.25, 0.3) is 10.8 Å². The van der Waals surface area contributed by atoms with E-state index < -0.39 is 6.10 Å². The van der Waals surface area contributed by atoms with Gasteiger partial charge in [-0.3, -0.25) is 4.79 Å². The number of ketones is 1. The van der Waals surface area contributed by atoms with Crippen LogP contribution in [0.5, 0.6) is 17.2 Å². The van der Waals surface area contributed by atoms with Gasteiger partial charge >= 0.3 is 0 Å². The van der Waals surface area contributed by atoms with E-state index in [0.29, 0.717) is 23.7 Å². The van der Waals surface area contributed by atoms with Crippen molar-refractivity contribution in [1.82, 2.24) is 0 Å². The molecule has 25 heavy (non-hydrogen) atoms. The van der Waals surface area contributed by atoms with Crippen molar-refractivity contribution in [3.8, 4) is 17.2 Å². The van der Waals surface area contributed by atoms with Crippen molar-refractivity contribution in [1.29, 1.82) is 0 Å². The molecule has 1 N–H and O–H groups in total. The molecule has 0 amide bonds. The third-order valence-corrected chi connectivity index (χ3v) is 4.34. The van der Waals surface area contributed by atoms with Crippen LogP contribution >= 0.6 is 0 Å². The molecule has 0 heterocycles. The summed E-state index contributed by atoms with van der Waals surface area (Å²) in [5, 5.41) is 11.3. The first-order chi connectivity index (χ1) is 11.9. The number of carbonyl (C=O) groups is 1. The van der Waals surface area contributed by atoms with Crippen LogP contribution in [0, 0.1) is 5.92 Å². The van der Waals surface area contributed by atoms with E-state index in [1.165, 1.54) is 0 Å². The first kappa shape index (κ1) is 19.1. The van der Waals surface area contributed by atoms with E-state index in [0.717, 1.165) is 16.3 Å². The van der Waals surface area contributed by atoms with Gasteiger partial charge in [0, 0.05) is 28.7 Å². The van der Waals surface area contributed by atoms with Crippen LogP contribution in [0.1, 0.15) is 25.8 Å². The fourth-order valence-corrected chi connectivity index (χ4v) is 3.15. The number of aliphatic hydroxyl groups is 1. The minimum Gasteiger partial charge on any atom is -0.496 e. The fraction of sp³-hybridized carbons (Fsp3) is 0.450. The molecule has 5 nitrogen and oxygen atoms in total. The van der Waals surface area contributed by atoms with Gasteiger partial charge < -0.3 is 19.3 Å². The fourth-order valence-electron chi connectivity index (χ4n) is 3.15. The van der Waals surface area contributed by atoms with Crippen molar-refractivity contribution in [2.45, 2.75) is 32.8 Å². The molecular formula is C20H26O5. The number of hydrogen-bond donors (Lipinski definition) is 1. The average Bonchev–Trinajstić information content (AvgIpc) is 2.59. The van der Waals surface area contributed by atoms with Gasteiger partial charge in [-0.05, 0) is 13.3 Å². The van der Waals surface area contributed by atoms with Crippen LogP contribution in [0.2, 0.25) is 0 Å². The highest BCUT2D eigenvalue weighted by atomic mass is 16.5. The minimum atomic E-state index is -0.648. The molecule has 0 saturated carbocycles. The Labute approximate surface area is 148 Å². The summed E-state index contributed by atoms with van der Waals surface area (Å²) < 4.78 is 16.9. The molecule has 0 aliphatic rings. The Morgan fingerprint density at radius 3 is 1.96 bits per heavy atom. The maximum absolute atomic E-state index is 12.3. The van der Waals surface area contributed by atoms with Crippen molar-refractivity contribution in [3.63, 3.8) is 0 Å². The molecule has 2 aromatic carbocycles. The summed E-state index contributed by atoms with van der Waals surface area (Å²) in [5.41, 5.74) is 0.798. The van der Waals surface area contributed by atoms with Gasteiger partial charge in [-0.2, -0.15) is 0 Å². The standard InChI is InChI=1S/C20H26O5/c1-12(17(22)11-13(2)21)10-16-18(23-3)14-8-6-7-9-15(14)19(24-4)20(16)25-5/h6-9,12-13,21H,10-11H2,1-5H3. The normalized spacial score (nSPS) is 13.4. The first-order valence-corrected chi connectivity index (χ1v) is 8.34. The maximum Gasteiger partial charge on any atom is 0.169 e. The van der Waals surface area contributed by atoms with Crippen molar-refractivity contribution in [2.24, 2.45) is 5.92 Å². The molecule has 0 saturated heterocycles. The summed E-state index contributed by atoms with van der Waals surface area (Å²) in [6, 6.07) is 7.77. The molecule has 136 valence electrons. The molecular weight excluding hydrogens is 320 g/mol. The third-order valence-electron chi connectivity index (χ3n) is 4.34. The van der Waals surface area contributed by atoms with E-state index in [1.807, 2.05) is 31.2 Å². The first-order valence-electron chi connectivity index (χ1n) is 8.34. The van der Waals surface area contributed by atoms with E-state index in [9.17, 15) is 9.90 Å². The van der Waals surface area contributed by atoms with Gasteiger partial charge in [0.2, 0.25) is 0 Å². The molecule has 0 bridgehead atoms. The van der Waals surface area contributed by atoms with Crippen molar-refractivity contribution < 1.29 is 24.1 Å². The molecule has 2 atom stereocenters. The molecule has 2 rings (SSSR count). The lowest BCUT2D eigenvalue weighted by Crippen LogP contribution is -2.19. The van der Waals surface area contributed by atoms with E-state index in [4.69, 9.17) is 14.2 Å². The van der Waals surface area contributed by atoms with Crippen LogP contribution in [0.4, 0.5) is 0 Å². The number of rotatable bonds is 8. The van der Waals surface area contributed by atoms with Gasteiger partial charge in [0.25, 0.3) is 0 Å². The Balaban J connectivity index is 2.59. The number of Topliss-reactive ketones (excluding diaryl/α,β-unsaturated/α-hetero) is 1. The Bertz CT molecular complexity index is 751. The summed E-state index contributed by atoms with van der Waals surface area (Å²) in [4.78, 5) is 12.3. The molecule has 0 aromatic heterocycles. The molecule has 2 unspecified atom stereocenters. The molecule has 0 aliphatic heterocycles. The van der Waals surface area contributed by atoms with Crippen LogP contribution < -0.4 is 14.2 Å². The lowest BCUT2D eigenvalue weighted by atomic mass is 9.91. The van der Waals surface area contributed by atoms with Gasteiger partial charge in [-0.25, -0.2) is 0 Å². The number of hydrogen-bond acceptors (Lipinski definition) is 5. The molecule has 5 heteroatoms. The second-order valence-electron chi connectivity index (χ2n) is 6.25. The molecule has 0 spiro atoms. The molecule has 0 aliphatic carbocycles. The predicted octanol–water partition coefficient (Wildman–Crippen LogP) is 3.38. The second kappa shape index (κ2) is 8.21. The Morgan fingerprint density at radius 2 is 1.48 bits per heavy atom. The Morgan fingerprint density at radius 1 is 0.960 bits per heavy atom. The quantitative estimate of drug-likeness (QED) is 0.794. The van der Waals surface area contributed by atoms with Crippen molar-refractivity contribution in [3.05, 3.63) is 29.8 Å². The maximum atomic E-state index is 12.3. The summed E-state index contributed by atoms with van der Waals surface area (Å²) in [7, 11) is 4.79. The highest BCUT2D eigenvalue weighted by Crippen LogP contribution is 2.46. The average molecular weight is 346 g/mol. The number of benzene rings is 2. The largest absolute Gasteiger partial charge is 0.496 e. The Hall–Kier alpha value is -2.27. The van der Waals surface area contributed by atoms with Crippen molar-refractivity contribution >= 4 is 16.6 Å². The number of fused-ring (bicyclic) bond motifs is 1. The number of carbonyl (C=O) groups excluding carboxylic acids is 1. The number of aliphatic hydroxyl groups excluding tert-OH is 1. The second-order valence-corrected chi connectivity index (χ2v) is 6.25. The topological polar surface area (TPSA) is 65.0 Å². The molecule has 0 fully saturated rings. The van der Waals surface area contributed by atoms with Crippen LogP contribution in [-0.4, -0.2) is 38.3 Å². The van der Waals surface area contributed by atoms with Crippen LogP contribution in [0.3, 0.4) is 0 Å². The summed E-state index contributed by atoms with van der Waals surface area (Å²) in [6.45, 7) is 3.47. The van der Waals surface area contributed by atoms with E-state index in [2.05, 4.69) is 0 Å². The summed E-state index contributed by atoms with van der Waals surface area (Å²) >= 11 is 0. The lowest BCUT2D eigenvalue weighted by molar-refractivity contribution is -0.124. The van der Waals surface area contributed by atoms with E-state index in [-0.39, 0.29) is 18.1 Å². The lowest BCUT2D eigenvalue weighted by Gasteiger charge is -2.21. The monoisotopic (exact) mass is 346 g/mol. The SMILES string of the molecule is COc1c(CC(C)C(=O)CC(C)O)c(OC)c2ccccc2c1OC.